The summed E-state index contributed by atoms with van der Waals surface area (Å²) in [4.78, 5) is 52.0. The van der Waals surface area contributed by atoms with Crippen LogP contribution in [0.1, 0.15) is 33.6 Å². The maximum absolute atomic E-state index is 17.5. The number of thiazole rings is 1. The molecule has 0 radical (unpaired) electrons. The Morgan fingerprint density at radius 2 is 1.28 bits per heavy atom. The number of hydrogen-bond acceptors (Lipinski definition) is 12. The molecule has 1 saturated carbocycles. The number of fused-ring (bicyclic) bond motifs is 4. The highest BCUT2D eigenvalue weighted by molar-refractivity contribution is 7.13. The number of ether oxygens (including phenoxy) is 5. The summed E-state index contributed by atoms with van der Waals surface area (Å²) in [6.07, 6.45) is 5.68. The Morgan fingerprint density at radius 1 is 0.677 bits per heavy atom. The number of methoxy groups -OCH3 is 4. The summed E-state index contributed by atoms with van der Waals surface area (Å²) in [5.74, 6) is -0.115. The lowest BCUT2D eigenvalue weighted by atomic mass is 9.93. The monoisotopic (exact) mass is 888 g/mol. The van der Waals surface area contributed by atoms with Gasteiger partial charge in [0, 0.05) is 65.8 Å². The smallest absolute Gasteiger partial charge is 0.393 e. The Kier molecular flexibility index (Phi) is 10.4. The average Bonchev–Trinajstić information content (AvgIpc) is 4.05. The Labute approximate surface area is 374 Å². The zero-order valence-electron chi connectivity index (χ0n) is 35.5. The number of hydrogen-bond donors (Lipinski definition) is 1. The molecule has 1 aliphatic rings. The molecule has 324 valence electrons. The summed E-state index contributed by atoms with van der Waals surface area (Å²) < 4.78 is 46.2. The minimum Gasteiger partial charge on any atom is -0.493 e. The number of pyridine rings is 2. The van der Waals surface area contributed by atoms with E-state index in [4.69, 9.17) is 39.2 Å². The predicted molar refractivity (Wildman–Crippen MR) is 247 cm³/mol. The number of aromatic nitrogens is 3. The summed E-state index contributed by atoms with van der Waals surface area (Å²) >= 11 is 1.21. The number of rotatable bonds is 13. The standard InChI is InChI=1S/C50H38FN5O8S/c1-59-39-23-32-35(25-41(39)61-3)53-19-17-37(32)63-47-44(48(52)57)31-13-8-14-34(51)43(31)46(45(47)49-55-21-22-65-49)56(28-15-16-28,50(58)30-12-7-10-27-9-5-6-11-29(27)30)64-38-18-20-54-36-26-42(62-4)40(60-2)24-33(36)38/h5-14,17-26,28H,15-16H2,1-4H3,(H-,52,57)/p+1. The molecule has 3 heterocycles. The molecule has 65 heavy (non-hydrogen) atoms. The fourth-order valence-corrected chi connectivity index (χ4v) is 9.33. The Hall–Kier alpha value is -7.88. The van der Waals surface area contributed by atoms with Gasteiger partial charge in [0.2, 0.25) is 11.4 Å². The van der Waals surface area contributed by atoms with E-state index in [1.165, 1.54) is 51.9 Å². The molecular formula is C50H39FN5O8S+. The predicted octanol–water partition coefficient (Wildman–Crippen LogP) is 10.6. The van der Waals surface area contributed by atoms with Gasteiger partial charge in [0.05, 0.1) is 61.4 Å². The van der Waals surface area contributed by atoms with Crippen LogP contribution in [0.5, 0.6) is 40.2 Å². The lowest BCUT2D eigenvalue weighted by Crippen LogP contribution is -2.59. The molecule has 1 unspecified atom stereocenters. The summed E-state index contributed by atoms with van der Waals surface area (Å²) in [5, 5.41) is 4.47. The van der Waals surface area contributed by atoms with E-state index >= 15 is 9.18 Å². The molecule has 0 saturated heterocycles. The number of carbonyl (C=O) groups excluding carboxylic acids is 2. The van der Waals surface area contributed by atoms with Gasteiger partial charge in [-0.05, 0) is 45.8 Å². The largest absolute Gasteiger partial charge is 0.493 e. The summed E-state index contributed by atoms with van der Waals surface area (Å²) in [6, 6.07) is 26.9. The van der Waals surface area contributed by atoms with Crippen LogP contribution >= 0.6 is 11.3 Å². The molecule has 0 aliphatic heterocycles. The van der Waals surface area contributed by atoms with E-state index in [0.717, 1.165) is 5.39 Å². The highest BCUT2D eigenvalue weighted by atomic mass is 32.1. The van der Waals surface area contributed by atoms with Crippen LogP contribution in [0.3, 0.4) is 0 Å². The number of nitrogens with two attached hydrogens (primary N) is 1. The van der Waals surface area contributed by atoms with Crippen molar-refractivity contribution in [1.82, 2.24) is 19.6 Å². The van der Waals surface area contributed by atoms with Crippen molar-refractivity contribution >= 4 is 72.2 Å². The third kappa shape index (κ3) is 6.74. The van der Waals surface area contributed by atoms with Gasteiger partial charge in [-0.1, -0.05) is 48.5 Å². The van der Waals surface area contributed by atoms with E-state index in [-0.39, 0.29) is 44.8 Å². The average molecular weight is 889 g/mol. The molecule has 1 atom stereocenters. The van der Waals surface area contributed by atoms with Gasteiger partial charge in [-0.25, -0.2) is 14.2 Å². The zero-order valence-corrected chi connectivity index (χ0v) is 36.3. The Balaban J connectivity index is 1.37. The van der Waals surface area contributed by atoms with Crippen molar-refractivity contribution < 1.29 is 42.5 Å². The SMILES string of the molecule is COc1cc2nccc(Oc3c(-c4nccs4)c([N+](Oc4ccnc5cc(OC)c(OC)cc45)(C(=O)c4cccc5ccccc45)C4CC4)c4c(F)cccc4c3C(N)=O)c2cc1OC. The van der Waals surface area contributed by atoms with Gasteiger partial charge >= 0.3 is 5.91 Å². The van der Waals surface area contributed by atoms with Gasteiger partial charge in [0.25, 0.3) is 5.91 Å². The lowest BCUT2D eigenvalue weighted by molar-refractivity contribution is -0.0306. The molecule has 2 amide bonds. The first-order valence-electron chi connectivity index (χ1n) is 20.5. The van der Waals surface area contributed by atoms with Gasteiger partial charge in [0.1, 0.15) is 28.2 Å². The van der Waals surface area contributed by atoms with E-state index in [0.29, 0.717) is 73.6 Å². The first-order chi connectivity index (χ1) is 31.7. The number of benzene rings is 6. The van der Waals surface area contributed by atoms with Crippen LogP contribution in [-0.4, -0.2) is 61.2 Å². The summed E-state index contributed by atoms with van der Waals surface area (Å²) in [7, 11) is 6.08. The van der Waals surface area contributed by atoms with Gasteiger partial charge in [-0.3, -0.25) is 14.8 Å². The molecular weight excluding hydrogens is 850 g/mol. The third-order valence-electron chi connectivity index (χ3n) is 11.7. The third-order valence-corrected chi connectivity index (χ3v) is 12.5. The minimum absolute atomic E-state index is 0.0523. The van der Waals surface area contributed by atoms with Crippen molar-refractivity contribution in [2.45, 2.75) is 18.9 Å². The quantitative estimate of drug-likeness (QED) is 0.0869. The van der Waals surface area contributed by atoms with E-state index in [1.807, 2.05) is 30.3 Å². The molecule has 13 nitrogen and oxygen atoms in total. The molecule has 1 aliphatic carbocycles. The van der Waals surface area contributed by atoms with Crippen LogP contribution in [0.4, 0.5) is 10.1 Å². The van der Waals surface area contributed by atoms with E-state index < -0.39 is 28.3 Å². The van der Waals surface area contributed by atoms with Crippen molar-refractivity contribution in [3.8, 4) is 50.8 Å². The molecule has 10 rings (SSSR count). The summed E-state index contributed by atoms with van der Waals surface area (Å²) in [6.45, 7) is 0. The number of primary amides is 1. The number of carbonyl (C=O) groups is 2. The molecule has 15 heteroatoms. The van der Waals surface area contributed by atoms with E-state index in [2.05, 4.69) is 9.97 Å². The molecule has 2 N–H and O–H groups in total. The van der Waals surface area contributed by atoms with Crippen molar-refractivity contribution in [2.75, 3.05) is 28.4 Å². The van der Waals surface area contributed by atoms with Crippen LogP contribution in [0.15, 0.2) is 121 Å². The Morgan fingerprint density at radius 3 is 1.91 bits per heavy atom. The number of nitrogens with zero attached hydrogens (tertiary/aromatic N) is 4. The maximum atomic E-state index is 17.5. The number of hydroxylamine groups is 2. The molecule has 1 fully saturated rings. The first-order valence-corrected chi connectivity index (χ1v) is 21.4. The Bertz CT molecular complexity index is 3380. The second-order valence-corrected chi connectivity index (χ2v) is 16.2. The van der Waals surface area contributed by atoms with Gasteiger partial charge in [-0.15, -0.1) is 11.3 Å². The second kappa shape index (κ2) is 16.3. The fourth-order valence-electron chi connectivity index (χ4n) is 8.65. The summed E-state index contributed by atoms with van der Waals surface area (Å²) in [5.41, 5.74) is 7.65. The van der Waals surface area contributed by atoms with Crippen LogP contribution in [0.25, 0.3) is 53.9 Å². The molecule has 3 aromatic heterocycles. The van der Waals surface area contributed by atoms with Crippen LogP contribution < -0.4 is 38.9 Å². The van der Waals surface area contributed by atoms with E-state index in [1.54, 1.807) is 78.6 Å². The van der Waals surface area contributed by atoms with Crippen molar-refractivity contribution in [2.24, 2.45) is 5.73 Å². The number of quaternary nitrogens is 1. The van der Waals surface area contributed by atoms with Crippen LogP contribution in [-0.2, 0) is 0 Å². The van der Waals surface area contributed by atoms with Crippen LogP contribution in [0, 0.1) is 5.82 Å². The topological polar surface area (TPSA) is 154 Å². The van der Waals surface area contributed by atoms with Gasteiger partial charge in [-0.2, -0.15) is 0 Å². The second-order valence-electron chi connectivity index (χ2n) is 15.3. The lowest BCUT2D eigenvalue weighted by Gasteiger charge is -2.36. The highest BCUT2D eigenvalue weighted by Crippen LogP contribution is 2.56. The van der Waals surface area contributed by atoms with Gasteiger partial charge < -0.3 is 34.3 Å². The van der Waals surface area contributed by atoms with Gasteiger partial charge in [0.15, 0.2) is 28.7 Å². The zero-order chi connectivity index (χ0) is 45.0. The molecule has 0 spiro atoms. The maximum Gasteiger partial charge on any atom is 0.393 e. The van der Waals surface area contributed by atoms with Crippen LogP contribution in [0.2, 0.25) is 0 Å². The molecule has 9 aromatic rings. The molecule has 6 aromatic carbocycles. The highest BCUT2D eigenvalue weighted by Gasteiger charge is 2.60. The first kappa shape index (κ1) is 41.1. The fraction of sp³-hybridized carbons (Fsp3) is 0.140. The van der Waals surface area contributed by atoms with Crippen molar-refractivity contribution in [3.63, 3.8) is 0 Å². The van der Waals surface area contributed by atoms with E-state index in [9.17, 15) is 4.79 Å². The normalized spacial score (nSPS) is 13.4. The number of halogens is 1. The van der Waals surface area contributed by atoms with Crippen molar-refractivity contribution in [1.29, 1.82) is 0 Å². The van der Waals surface area contributed by atoms with Crippen molar-refractivity contribution in [3.05, 3.63) is 138 Å². The molecule has 0 bridgehead atoms. The number of amides is 2. The minimum atomic E-state index is -0.925.